The monoisotopic (exact) mass is 1830 g/mol. The highest BCUT2D eigenvalue weighted by Crippen LogP contribution is 2.29. The molecule has 12 heterocycles. The highest BCUT2D eigenvalue weighted by molar-refractivity contribution is 5.61. The van der Waals surface area contributed by atoms with Gasteiger partial charge in [0.15, 0.2) is 0 Å². The van der Waals surface area contributed by atoms with Gasteiger partial charge in [-0.25, -0.2) is 18.7 Å². The number of nitrogens with one attached hydrogen (secondary N) is 4. The van der Waals surface area contributed by atoms with Gasteiger partial charge in [-0.3, -0.25) is 18.7 Å². The zero-order chi connectivity index (χ0) is 90.8. The van der Waals surface area contributed by atoms with Crippen LogP contribution in [0.25, 0.3) is 45.0 Å². The van der Waals surface area contributed by atoms with E-state index in [1.165, 1.54) is 0 Å². The largest absolute Gasteiger partial charge is 0.491 e. The average Bonchev–Trinajstić information content (AvgIpc) is 1.14. The maximum absolute atomic E-state index is 10.3. The molecule has 48 nitrogen and oxygen atoms in total. The van der Waals surface area contributed by atoms with Crippen molar-refractivity contribution in [2.45, 2.75) is 152 Å². The Hall–Kier alpha value is -11.6. The summed E-state index contributed by atoms with van der Waals surface area (Å²) in [5.74, 6) is 2.57. The molecule has 16 rings (SSSR count). The van der Waals surface area contributed by atoms with E-state index in [1.807, 2.05) is 97.1 Å². The Kier molecular flexibility index (Phi) is 33.1. The van der Waals surface area contributed by atoms with Gasteiger partial charge in [0.2, 0.25) is 0 Å². The van der Waals surface area contributed by atoms with Gasteiger partial charge in [0.25, 0.3) is 0 Å². The Labute approximate surface area is 755 Å². The van der Waals surface area contributed by atoms with E-state index in [1.54, 1.807) is 87.0 Å². The van der Waals surface area contributed by atoms with Crippen LogP contribution in [0.5, 0.6) is 23.0 Å². The number of aliphatic hydroxyl groups excluding tert-OH is 8. The molecule has 0 unspecified atom stereocenters. The third-order valence-electron chi connectivity index (χ3n) is 22.5. The average molecular weight is 1830 g/mol. The molecule has 4 saturated heterocycles. The van der Waals surface area contributed by atoms with E-state index >= 15 is 0 Å². The van der Waals surface area contributed by atoms with E-state index in [-0.39, 0.29) is 117 Å². The second-order valence-corrected chi connectivity index (χ2v) is 32.6. The Morgan fingerprint density at radius 1 is 0.295 bits per heavy atom. The third kappa shape index (κ3) is 26.4. The summed E-state index contributed by atoms with van der Waals surface area (Å²) in [6.07, 6.45) is 7.26. The van der Waals surface area contributed by atoms with Crippen LogP contribution < -0.4 is 40.2 Å². The molecule has 706 valence electrons. The minimum Gasteiger partial charge on any atom is -0.491 e. The summed E-state index contributed by atoms with van der Waals surface area (Å²) >= 11 is 0. The van der Waals surface area contributed by atoms with Gasteiger partial charge in [-0.1, -0.05) is 41.7 Å². The smallest absolute Gasteiger partial charge is 0.141 e. The van der Waals surface area contributed by atoms with E-state index in [0.29, 0.717) is 180 Å². The molecule has 12 aromatic rings. The number of aromatic nitrogens is 24. The minimum absolute atomic E-state index is 0.0340. The zero-order valence-corrected chi connectivity index (χ0v) is 72.4. The van der Waals surface area contributed by atoms with E-state index < -0.39 is 54.2 Å². The van der Waals surface area contributed by atoms with Gasteiger partial charge in [0.1, 0.15) is 96.0 Å². The number of hydrogen-bond donors (Lipinski definition) is 12. The Bertz CT molecular complexity index is 5260. The topological polar surface area (TPSA) is 566 Å². The Morgan fingerprint density at radius 3 is 0.917 bits per heavy atom. The van der Waals surface area contributed by atoms with Gasteiger partial charge >= 0.3 is 0 Å². The van der Waals surface area contributed by atoms with Crippen molar-refractivity contribution in [2.75, 3.05) is 125 Å². The van der Waals surface area contributed by atoms with Crippen LogP contribution in [0.4, 0.5) is 0 Å². The highest BCUT2D eigenvalue weighted by atomic mass is 16.6. The van der Waals surface area contributed by atoms with Crippen LogP contribution in [-0.2, 0) is 117 Å². The normalized spacial score (nSPS) is 21.3. The first-order valence-electron chi connectivity index (χ1n) is 43.7. The number of aliphatic hydroxyl groups is 8. The summed E-state index contributed by atoms with van der Waals surface area (Å²) in [5.41, 5.74) is 7.23. The lowest BCUT2D eigenvalue weighted by molar-refractivity contribution is -0.118. The van der Waals surface area contributed by atoms with Crippen molar-refractivity contribution in [3.05, 3.63) is 169 Å². The fraction of sp³-hybridized carbons (Fsp3) is 0.524. The van der Waals surface area contributed by atoms with Gasteiger partial charge in [-0.15, -0.1) is 40.8 Å². The molecule has 0 radical (unpaired) electrons. The molecule has 0 aliphatic carbocycles. The number of benzene rings is 4. The third-order valence-corrected chi connectivity index (χ3v) is 22.5. The molecule has 12 atom stereocenters. The molecule has 48 heteroatoms. The van der Waals surface area contributed by atoms with Crippen LogP contribution in [0.15, 0.2) is 147 Å². The molecule has 0 bridgehead atoms. The summed E-state index contributed by atoms with van der Waals surface area (Å²) in [4.78, 5) is 0. The van der Waals surface area contributed by atoms with Crippen molar-refractivity contribution >= 4 is 0 Å². The van der Waals surface area contributed by atoms with Crippen LogP contribution >= 0.6 is 0 Å². The molecule has 0 saturated carbocycles. The van der Waals surface area contributed by atoms with Crippen molar-refractivity contribution < 1.29 is 97.7 Å². The fourth-order valence-electron chi connectivity index (χ4n) is 15.2. The molecule has 12 N–H and O–H groups in total. The molecule has 4 aromatic carbocycles. The first-order chi connectivity index (χ1) is 64.6. The first-order valence-corrected chi connectivity index (χ1v) is 43.7. The quantitative estimate of drug-likeness (QED) is 0.0173. The first kappa shape index (κ1) is 93.6. The Morgan fingerprint density at radius 2 is 0.591 bits per heavy atom. The van der Waals surface area contributed by atoms with E-state index in [9.17, 15) is 40.9 Å². The van der Waals surface area contributed by atoms with Crippen molar-refractivity contribution in [1.82, 2.24) is 141 Å². The van der Waals surface area contributed by atoms with E-state index in [0.717, 1.165) is 22.3 Å². The molecular formula is C84H110N28O20. The summed E-state index contributed by atoms with van der Waals surface area (Å²) < 4.78 is 87.3. The number of β-amino-alcohol motifs (C(OH)–C–C–N with tert-alkyl or cyclic N) is 4. The van der Waals surface area contributed by atoms with Gasteiger partial charge in [0.05, 0.1) is 279 Å². The predicted octanol–water partition coefficient (Wildman–Crippen LogP) is -2.65. The van der Waals surface area contributed by atoms with Crippen molar-refractivity contribution in [3.63, 3.8) is 0 Å². The van der Waals surface area contributed by atoms with E-state index in [2.05, 4.69) is 104 Å². The molecule has 4 aliphatic rings. The lowest BCUT2D eigenvalue weighted by Crippen LogP contribution is -2.41. The molecule has 8 aromatic heterocycles. The van der Waals surface area contributed by atoms with Crippen molar-refractivity contribution in [2.24, 2.45) is 5.41 Å². The molecule has 4 aliphatic heterocycles. The van der Waals surface area contributed by atoms with Crippen molar-refractivity contribution in [3.8, 4) is 68.0 Å². The lowest BCUT2D eigenvalue weighted by atomic mass is 9.92. The van der Waals surface area contributed by atoms with Crippen LogP contribution in [0, 0.1) is 5.41 Å². The summed E-state index contributed by atoms with van der Waals surface area (Å²) in [6, 6.07) is 28.5. The number of hydrogen-bond acceptors (Lipinski definition) is 40. The summed E-state index contributed by atoms with van der Waals surface area (Å²) in [7, 11) is 0. The molecule has 0 spiro atoms. The van der Waals surface area contributed by atoms with Crippen molar-refractivity contribution in [1.29, 1.82) is 0 Å². The van der Waals surface area contributed by atoms with E-state index in [4.69, 9.17) is 56.8 Å². The van der Waals surface area contributed by atoms with Gasteiger partial charge in [-0.2, -0.15) is 0 Å². The number of ether oxygens (including phenoxy) is 12. The SMILES string of the molecule is O[C@@H]1[C@H](O)CN[C@H]1Cn1cc(-c2ccc(OCCOCCn3cc(COCC(COCc4cn(CCOCCOc5ccc(-c6cn(C[C@@H]7NC[C@@H](O)[C@H]7O)nn6)cc5)nn4)(COCc4cn(COCCOc5ccc(-c6cn(C[C@@H]7NC[C@@H](O)[C@H]7O)nn6)cc5)nn4)COCc4cnnn4CCOCCOc4ccc(-c5cn(C[C@@H]6NC[C@@H](O)[C@H]6O)nn5)cc4)nn3)cc2)nn1. The van der Waals surface area contributed by atoms with Gasteiger partial charge in [0, 0.05) is 48.4 Å². The number of rotatable bonds is 55. The maximum Gasteiger partial charge on any atom is 0.141 e. The van der Waals surface area contributed by atoms with Crippen LogP contribution in [0.3, 0.4) is 0 Å². The Balaban J connectivity index is 0.522. The van der Waals surface area contributed by atoms with Gasteiger partial charge in [-0.05, 0) is 97.1 Å². The zero-order valence-electron chi connectivity index (χ0n) is 72.4. The summed E-state index contributed by atoms with van der Waals surface area (Å²) in [6.45, 7) is 7.48. The van der Waals surface area contributed by atoms with Gasteiger partial charge < -0.3 is 119 Å². The molecular weight excluding hydrogens is 1720 g/mol. The minimum atomic E-state index is -1.02. The molecule has 0 amide bonds. The molecule has 4 fully saturated rings. The van der Waals surface area contributed by atoms with Crippen LogP contribution in [-0.4, -0.2) is 359 Å². The predicted molar refractivity (Wildman–Crippen MR) is 459 cm³/mol. The molecule has 132 heavy (non-hydrogen) atoms. The lowest BCUT2D eigenvalue weighted by Gasteiger charge is -2.32. The highest BCUT2D eigenvalue weighted by Gasteiger charge is 2.38. The fourth-order valence-corrected chi connectivity index (χ4v) is 15.2. The summed E-state index contributed by atoms with van der Waals surface area (Å²) in [5, 5.41) is 162. The maximum atomic E-state index is 10.3. The second kappa shape index (κ2) is 46.7. The number of nitrogens with zero attached hydrogens (tertiary/aromatic N) is 24. The second-order valence-electron chi connectivity index (χ2n) is 32.6. The standard InChI is InChI=1S/C84H110N28O20/c113-76-32-85-72(80(76)117)43-107-39-68(93-101-107)56-1-9-64(10-2-56)129-27-23-121-20-17-105-36-60(90-98-105)47-125-51-84(53-127-49-62-38-111(100-92-62)55-124-26-30-132-67-15-7-59(8-16-67)71-42-110(104-96-71)46-75-83(120)79(116)35-88-75,52-126-48-61-37-106(99-91-61)18-21-122-24-28-130-65-11-3-57(4-12-65)69-40-108(102-94-69)44-73-81(118)77(114)33-86-73)54-128-50-63-31-89-97-112(63)19-22-123-25-29-131-66-13-5-58(6-14-66)70-41-109(103-95-70)45-74-82(119)78(115)34-87-74/h1-16,31,36-42,72-83,85-88,113-120H,17-30,32-35,43-55H2/t72-,73-,74-,75-,76+,77+,78+,79+,80-,81-,82-,83-/m0/s1. The van der Waals surface area contributed by atoms with Crippen LogP contribution in [0.1, 0.15) is 22.8 Å². The van der Waals surface area contributed by atoms with Crippen LogP contribution in [0.2, 0.25) is 0 Å².